The van der Waals surface area contributed by atoms with Crippen molar-refractivity contribution in [2.24, 2.45) is 0 Å². The lowest BCUT2D eigenvalue weighted by atomic mass is 10.1. The van der Waals surface area contributed by atoms with E-state index in [4.69, 9.17) is 12.2 Å². The highest BCUT2D eigenvalue weighted by molar-refractivity contribution is 7.80. The van der Waals surface area contributed by atoms with Gasteiger partial charge in [-0.2, -0.15) is 0 Å². The third kappa shape index (κ3) is 3.17. The summed E-state index contributed by atoms with van der Waals surface area (Å²) in [6.45, 7) is 2.01. The number of rotatable bonds is 3. The van der Waals surface area contributed by atoms with Crippen molar-refractivity contribution in [2.75, 3.05) is 0 Å². The second-order valence-corrected chi connectivity index (χ2v) is 4.57. The first-order valence-corrected chi connectivity index (χ1v) is 5.88. The van der Waals surface area contributed by atoms with Crippen molar-refractivity contribution in [1.82, 2.24) is 10.6 Å². The largest absolute Gasteiger partial charge is 0.360 e. The Morgan fingerprint density at radius 2 is 2.00 bits per heavy atom. The second-order valence-electron chi connectivity index (χ2n) is 4.17. The Balaban J connectivity index is 1.88. The van der Waals surface area contributed by atoms with Crippen molar-refractivity contribution < 1.29 is 4.39 Å². The van der Waals surface area contributed by atoms with Crippen molar-refractivity contribution in [3.63, 3.8) is 0 Å². The summed E-state index contributed by atoms with van der Waals surface area (Å²) < 4.78 is 12.7. The molecular formula is C12H15FN2S. The zero-order valence-corrected chi connectivity index (χ0v) is 9.98. The van der Waals surface area contributed by atoms with Gasteiger partial charge in [-0.15, -0.1) is 0 Å². The number of hydrogen-bond acceptors (Lipinski definition) is 1. The zero-order valence-electron chi connectivity index (χ0n) is 9.16. The van der Waals surface area contributed by atoms with Crippen LogP contribution in [-0.4, -0.2) is 11.2 Å². The Bertz CT molecular complexity index is 373. The van der Waals surface area contributed by atoms with Crippen molar-refractivity contribution in [2.45, 2.75) is 31.8 Å². The van der Waals surface area contributed by atoms with Crippen molar-refractivity contribution >= 4 is 17.3 Å². The summed E-state index contributed by atoms with van der Waals surface area (Å²) in [7, 11) is 0. The third-order valence-electron chi connectivity index (χ3n) is 2.63. The van der Waals surface area contributed by atoms with E-state index in [1.54, 1.807) is 12.1 Å². The molecule has 1 aromatic rings. The lowest BCUT2D eigenvalue weighted by Crippen LogP contribution is -2.37. The van der Waals surface area contributed by atoms with E-state index in [1.807, 2.05) is 6.92 Å². The normalized spacial score (nSPS) is 16.6. The monoisotopic (exact) mass is 238 g/mol. The van der Waals surface area contributed by atoms with Crippen molar-refractivity contribution in [1.29, 1.82) is 0 Å². The van der Waals surface area contributed by atoms with Crippen molar-refractivity contribution in [3.8, 4) is 0 Å². The summed E-state index contributed by atoms with van der Waals surface area (Å²) in [6, 6.07) is 7.12. The van der Waals surface area contributed by atoms with E-state index in [1.165, 1.54) is 25.0 Å². The summed E-state index contributed by atoms with van der Waals surface area (Å²) in [5.41, 5.74) is 1.03. The molecule has 1 unspecified atom stereocenters. The molecule has 16 heavy (non-hydrogen) atoms. The molecule has 0 radical (unpaired) electrons. The van der Waals surface area contributed by atoms with Crippen LogP contribution in [0.25, 0.3) is 0 Å². The van der Waals surface area contributed by atoms with Gasteiger partial charge in [0, 0.05) is 6.04 Å². The standard InChI is InChI=1S/C12H15FN2S/c1-8(9-2-4-10(13)5-3-9)14-12(16)15-11-6-7-11/h2-5,8,11H,6-7H2,1H3,(H2,14,15,16). The van der Waals surface area contributed by atoms with Crippen LogP contribution in [0.15, 0.2) is 24.3 Å². The van der Waals surface area contributed by atoms with Crippen LogP contribution < -0.4 is 10.6 Å². The quantitative estimate of drug-likeness (QED) is 0.791. The van der Waals surface area contributed by atoms with E-state index in [0.717, 1.165) is 5.56 Å². The molecule has 0 spiro atoms. The smallest absolute Gasteiger partial charge is 0.166 e. The van der Waals surface area contributed by atoms with Crippen LogP contribution >= 0.6 is 12.2 Å². The molecular weight excluding hydrogens is 223 g/mol. The maximum Gasteiger partial charge on any atom is 0.166 e. The van der Waals surface area contributed by atoms with Gasteiger partial charge in [0.1, 0.15) is 5.82 Å². The molecule has 86 valence electrons. The fourth-order valence-electron chi connectivity index (χ4n) is 1.49. The molecule has 2 rings (SSSR count). The summed E-state index contributed by atoms with van der Waals surface area (Å²) in [6.07, 6.45) is 2.40. The van der Waals surface area contributed by atoms with E-state index >= 15 is 0 Å². The Morgan fingerprint density at radius 1 is 1.38 bits per heavy atom. The predicted molar refractivity (Wildman–Crippen MR) is 66.7 cm³/mol. The van der Waals surface area contributed by atoms with Gasteiger partial charge in [0.15, 0.2) is 5.11 Å². The van der Waals surface area contributed by atoms with Crippen molar-refractivity contribution in [3.05, 3.63) is 35.6 Å². The molecule has 0 saturated heterocycles. The van der Waals surface area contributed by atoms with E-state index in [0.29, 0.717) is 11.2 Å². The minimum atomic E-state index is -0.213. The summed E-state index contributed by atoms with van der Waals surface area (Å²) >= 11 is 5.18. The van der Waals surface area contributed by atoms with Crippen LogP contribution in [0.2, 0.25) is 0 Å². The lowest BCUT2D eigenvalue weighted by molar-refractivity contribution is 0.623. The molecule has 0 aromatic heterocycles. The number of halogens is 1. The number of nitrogens with one attached hydrogen (secondary N) is 2. The first-order valence-electron chi connectivity index (χ1n) is 5.47. The molecule has 2 N–H and O–H groups in total. The minimum absolute atomic E-state index is 0.0966. The zero-order chi connectivity index (χ0) is 11.5. The summed E-state index contributed by atoms with van der Waals surface area (Å²) in [5, 5.41) is 7.08. The Labute approximate surface area is 100 Å². The molecule has 0 amide bonds. The molecule has 1 aliphatic carbocycles. The molecule has 2 nitrogen and oxygen atoms in total. The average Bonchev–Trinajstić information content (AvgIpc) is 3.02. The lowest BCUT2D eigenvalue weighted by Gasteiger charge is -2.17. The number of hydrogen-bond donors (Lipinski definition) is 2. The average molecular weight is 238 g/mol. The number of benzene rings is 1. The molecule has 0 aliphatic heterocycles. The predicted octanol–water partition coefficient (Wildman–Crippen LogP) is 2.51. The van der Waals surface area contributed by atoms with Gasteiger partial charge in [-0.05, 0) is 49.7 Å². The summed E-state index contributed by atoms with van der Waals surface area (Å²) in [5.74, 6) is -0.213. The highest BCUT2D eigenvalue weighted by atomic mass is 32.1. The van der Waals surface area contributed by atoms with Crippen LogP contribution in [-0.2, 0) is 0 Å². The maximum absolute atomic E-state index is 12.7. The molecule has 0 heterocycles. The molecule has 1 atom stereocenters. The Kier molecular flexibility index (Phi) is 3.39. The van der Waals surface area contributed by atoms with Gasteiger partial charge < -0.3 is 10.6 Å². The molecule has 1 aromatic carbocycles. The minimum Gasteiger partial charge on any atom is -0.360 e. The molecule has 4 heteroatoms. The Hall–Kier alpha value is -1.16. The first kappa shape index (κ1) is 11.3. The second kappa shape index (κ2) is 4.78. The number of thiocarbonyl (C=S) groups is 1. The fourth-order valence-corrected chi connectivity index (χ4v) is 1.83. The topological polar surface area (TPSA) is 24.1 Å². The van der Waals surface area contributed by atoms with Gasteiger partial charge in [0.2, 0.25) is 0 Å². The molecule has 1 fully saturated rings. The first-order chi connectivity index (χ1) is 7.65. The van der Waals surface area contributed by atoms with Gasteiger partial charge >= 0.3 is 0 Å². The highest BCUT2D eigenvalue weighted by Crippen LogP contribution is 2.19. The van der Waals surface area contributed by atoms with Crippen LogP contribution in [0.1, 0.15) is 31.4 Å². The van der Waals surface area contributed by atoms with Crippen LogP contribution in [0.3, 0.4) is 0 Å². The van der Waals surface area contributed by atoms with Crippen LogP contribution in [0, 0.1) is 5.82 Å². The van der Waals surface area contributed by atoms with Gasteiger partial charge in [-0.3, -0.25) is 0 Å². The van der Waals surface area contributed by atoms with Crippen LogP contribution in [0.5, 0.6) is 0 Å². The van der Waals surface area contributed by atoms with Gasteiger partial charge in [-0.1, -0.05) is 12.1 Å². The molecule has 0 bridgehead atoms. The van der Waals surface area contributed by atoms with Gasteiger partial charge in [0.25, 0.3) is 0 Å². The maximum atomic E-state index is 12.7. The third-order valence-corrected chi connectivity index (χ3v) is 2.87. The van der Waals surface area contributed by atoms with Crippen LogP contribution in [0.4, 0.5) is 4.39 Å². The van der Waals surface area contributed by atoms with Gasteiger partial charge in [0.05, 0.1) is 6.04 Å². The van der Waals surface area contributed by atoms with E-state index in [2.05, 4.69) is 10.6 Å². The molecule has 1 saturated carbocycles. The van der Waals surface area contributed by atoms with E-state index < -0.39 is 0 Å². The molecule has 1 aliphatic rings. The SMILES string of the molecule is CC(NC(=S)NC1CC1)c1ccc(F)cc1. The fraction of sp³-hybridized carbons (Fsp3) is 0.417. The van der Waals surface area contributed by atoms with E-state index in [-0.39, 0.29) is 11.9 Å². The highest BCUT2D eigenvalue weighted by Gasteiger charge is 2.22. The summed E-state index contributed by atoms with van der Waals surface area (Å²) in [4.78, 5) is 0. The Morgan fingerprint density at radius 3 is 2.56 bits per heavy atom. The van der Waals surface area contributed by atoms with Gasteiger partial charge in [-0.25, -0.2) is 4.39 Å². The van der Waals surface area contributed by atoms with E-state index in [9.17, 15) is 4.39 Å².